The Hall–Kier alpha value is -3.16. The minimum absolute atomic E-state index is 0.0575. The Balaban J connectivity index is 1.62. The summed E-state index contributed by atoms with van der Waals surface area (Å²) in [6.07, 6.45) is 4.59. The molecule has 1 aromatic carbocycles. The number of carbonyl (C=O) groups excluding carboxylic acids is 1. The molecule has 5 rings (SSSR count). The molecule has 2 aliphatic rings. The number of oxazole rings is 1. The van der Waals surface area contributed by atoms with Gasteiger partial charge in [0, 0.05) is 18.0 Å². The normalized spacial score (nSPS) is 23.4. The number of likely N-dealkylation sites (N-methyl/N-ethyl adjacent to an activating group) is 1. The van der Waals surface area contributed by atoms with Gasteiger partial charge in [0.1, 0.15) is 17.9 Å². The van der Waals surface area contributed by atoms with Crippen LogP contribution in [-0.2, 0) is 5.41 Å². The van der Waals surface area contributed by atoms with Crippen molar-refractivity contribution in [3.63, 3.8) is 0 Å². The lowest BCUT2D eigenvalue weighted by Crippen LogP contribution is -2.55. The summed E-state index contributed by atoms with van der Waals surface area (Å²) in [6.45, 7) is 8.83. The Morgan fingerprint density at radius 2 is 2.00 bits per heavy atom. The van der Waals surface area contributed by atoms with Crippen molar-refractivity contribution in [2.45, 2.75) is 57.9 Å². The average molecular weight is 453 g/mol. The van der Waals surface area contributed by atoms with Crippen molar-refractivity contribution in [1.82, 2.24) is 20.1 Å². The second-order valence-corrected chi connectivity index (χ2v) is 9.52. The number of rotatable bonds is 5. The zero-order valence-electron chi connectivity index (χ0n) is 19.1. The van der Waals surface area contributed by atoms with Crippen molar-refractivity contribution in [2.75, 3.05) is 6.54 Å². The third kappa shape index (κ3) is 2.82. The Morgan fingerprint density at radius 1 is 1.27 bits per heavy atom. The standard InChI is InChI=1S/C25H26F2N4O2/c1-5-31(23(32)22-28-11-12-33-22)14(2)25-10-9-16(24(25,3)4)15-13-19(29-30-21(15)25)20-17(26)7-6-8-18(20)27/h6-8,11-14,16H,5,9-10H2,1-4H3/t14?,16-,25-/m0/s1. The molecule has 8 heteroatoms. The molecule has 2 bridgehead atoms. The molecule has 0 spiro atoms. The third-order valence-corrected chi connectivity index (χ3v) is 8.09. The molecule has 2 aromatic heterocycles. The maximum atomic E-state index is 14.4. The molecular formula is C25H26F2N4O2. The highest BCUT2D eigenvalue weighted by Crippen LogP contribution is 2.69. The number of benzene rings is 1. The highest BCUT2D eigenvalue weighted by Gasteiger charge is 2.66. The second-order valence-electron chi connectivity index (χ2n) is 9.52. The Labute approximate surface area is 191 Å². The van der Waals surface area contributed by atoms with Crippen molar-refractivity contribution < 1.29 is 18.0 Å². The van der Waals surface area contributed by atoms with Gasteiger partial charge in [-0.1, -0.05) is 19.9 Å². The predicted molar refractivity (Wildman–Crippen MR) is 117 cm³/mol. The number of aromatic nitrogens is 3. The minimum Gasteiger partial charge on any atom is -0.441 e. The Morgan fingerprint density at radius 3 is 2.64 bits per heavy atom. The summed E-state index contributed by atoms with van der Waals surface area (Å²) in [4.78, 5) is 19.0. The summed E-state index contributed by atoms with van der Waals surface area (Å²) >= 11 is 0. The van der Waals surface area contributed by atoms with Gasteiger partial charge in [-0.05, 0) is 61.8 Å². The smallest absolute Gasteiger partial charge is 0.309 e. The number of nitrogens with zero attached hydrogens (tertiary/aromatic N) is 4. The number of hydrogen-bond donors (Lipinski definition) is 0. The zero-order valence-corrected chi connectivity index (χ0v) is 19.1. The van der Waals surface area contributed by atoms with Crippen molar-refractivity contribution in [2.24, 2.45) is 5.41 Å². The minimum atomic E-state index is -0.663. The summed E-state index contributed by atoms with van der Waals surface area (Å²) in [6, 6.07) is 5.35. The molecule has 0 N–H and O–H groups in total. The van der Waals surface area contributed by atoms with Gasteiger partial charge in [0.05, 0.1) is 23.1 Å². The molecule has 1 saturated carbocycles. The lowest BCUT2D eigenvalue weighted by atomic mass is 9.64. The van der Waals surface area contributed by atoms with Crippen LogP contribution in [0.2, 0.25) is 0 Å². The second kappa shape index (κ2) is 7.43. The summed E-state index contributed by atoms with van der Waals surface area (Å²) in [5.74, 6) is -1.39. The fourth-order valence-electron chi connectivity index (χ4n) is 6.47. The number of halogens is 2. The van der Waals surface area contributed by atoms with E-state index in [0.717, 1.165) is 24.1 Å². The summed E-state index contributed by atoms with van der Waals surface area (Å²) < 4.78 is 34.2. The SMILES string of the molecule is CCN(C(=O)c1ncco1)C(C)[C@@]12CC[C@@H](c3cc(-c4c(F)cccc4F)nnc31)C2(C)C. The van der Waals surface area contributed by atoms with Gasteiger partial charge in [0.2, 0.25) is 0 Å². The van der Waals surface area contributed by atoms with Gasteiger partial charge in [0.15, 0.2) is 0 Å². The molecule has 3 atom stereocenters. The number of carbonyl (C=O) groups is 1. The summed E-state index contributed by atoms with van der Waals surface area (Å²) in [5.41, 5.74) is 1.12. The van der Waals surface area contributed by atoms with E-state index in [-0.39, 0.29) is 40.4 Å². The van der Waals surface area contributed by atoms with Gasteiger partial charge < -0.3 is 9.32 Å². The fraction of sp³-hybridized carbons (Fsp3) is 0.440. The molecule has 1 fully saturated rings. The van der Waals surface area contributed by atoms with Gasteiger partial charge in [-0.2, -0.15) is 10.2 Å². The Bertz CT molecular complexity index is 1210. The maximum absolute atomic E-state index is 14.4. The third-order valence-electron chi connectivity index (χ3n) is 8.09. The first-order valence-electron chi connectivity index (χ1n) is 11.3. The van der Waals surface area contributed by atoms with Crippen LogP contribution < -0.4 is 0 Å². The van der Waals surface area contributed by atoms with Crippen LogP contribution in [-0.4, -0.2) is 38.6 Å². The van der Waals surface area contributed by atoms with Crippen LogP contribution in [0, 0.1) is 17.0 Å². The number of hydrogen-bond acceptors (Lipinski definition) is 5. The highest BCUT2D eigenvalue weighted by atomic mass is 19.1. The largest absolute Gasteiger partial charge is 0.441 e. The lowest BCUT2D eigenvalue weighted by molar-refractivity contribution is 0.0413. The van der Waals surface area contributed by atoms with Crippen LogP contribution in [0.25, 0.3) is 11.3 Å². The van der Waals surface area contributed by atoms with E-state index in [1.165, 1.54) is 30.7 Å². The molecule has 6 nitrogen and oxygen atoms in total. The fourth-order valence-corrected chi connectivity index (χ4v) is 6.47. The quantitative estimate of drug-likeness (QED) is 0.538. The molecule has 33 heavy (non-hydrogen) atoms. The molecular weight excluding hydrogens is 426 g/mol. The highest BCUT2D eigenvalue weighted by molar-refractivity contribution is 5.90. The maximum Gasteiger partial charge on any atom is 0.309 e. The van der Waals surface area contributed by atoms with E-state index in [1.807, 2.05) is 13.8 Å². The first kappa shape index (κ1) is 21.7. The van der Waals surface area contributed by atoms with Crippen LogP contribution in [0.5, 0.6) is 0 Å². The molecule has 0 radical (unpaired) electrons. The van der Waals surface area contributed by atoms with Crippen LogP contribution in [0.3, 0.4) is 0 Å². The van der Waals surface area contributed by atoms with Crippen LogP contribution >= 0.6 is 0 Å². The van der Waals surface area contributed by atoms with E-state index >= 15 is 0 Å². The first-order valence-corrected chi connectivity index (χ1v) is 11.3. The molecule has 0 aliphatic heterocycles. The topological polar surface area (TPSA) is 72.1 Å². The molecule has 172 valence electrons. The van der Waals surface area contributed by atoms with Gasteiger partial charge in [-0.15, -0.1) is 0 Å². The van der Waals surface area contributed by atoms with E-state index in [2.05, 4.69) is 29.0 Å². The van der Waals surface area contributed by atoms with Crippen molar-refractivity contribution >= 4 is 5.91 Å². The van der Waals surface area contributed by atoms with Crippen molar-refractivity contribution in [3.8, 4) is 11.3 Å². The molecule has 1 unspecified atom stereocenters. The van der Waals surface area contributed by atoms with Gasteiger partial charge in [-0.25, -0.2) is 13.8 Å². The molecule has 3 aromatic rings. The van der Waals surface area contributed by atoms with Crippen molar-refractivity contribution in [1.29, 1.82) is 0 Å². The van der Waals surface area contributed by atoms with Gasteiger partial charge in [0.25, 0.3) is 5.89 Å². The zero-order chi connectivity index (χ0) is 23.5. The van der Waals surface area contributed by atoms with Crippen LogP contribution in [0.1, 0.15) is 68.4 Å². The van der Waals surface area contributed by atoms with E-state index in [0.29, 0.717) is 6.54 Å². The molecule has 2 aliphatic carbocycles. The van der Waals surface area contributed by atoms with E-state index in [1.54, 1.807) is 11.0 Å². The lowest BCUT2D eigenvalue weighted by Gasteiger charge is -2.46. The van der Waals surface area contributed by atoms with E-state index in [4.69, 9.17) is 4.42 Å². The van der Waals surface area contributed by atoms with Gasteiger partial charge in [-0.3, -0.25) is 4.79 Å². The van der Waals surface area contributed by atoms with E-state index < -0.39 is 17.0 Å². The van der Waals surface area contributed by atoms with Crippen LogP contribution in [0.15, 0.2) is 41.1 Å². The molecule has 1 amide bonds. The number of amides is 1. The first-order chi connectivity index (χ1) is 15.7. The van der Waals surface area contributed by atoms with E-state index in [9.17, 15) is 13.6 Å². The average Bonchev–Trinajstić information content (AvgIpc) is 3.45. The monoisotopic (exact) mass is 452 g/mol. The van der Waals surface area contributed by atoms with Crippen LogP contribution in [0.4, 0.5) is 8.78 Å². The Kier molecular flexibility index (Phi) is 4.88. The molecule has 0 saturated heterocycles. The predicted octanol–water partition coefficient (Wildman–Crippen LogP) is 5.12. The molecule has 2 heterocycles. The summed E-state index contributed by atoms with van der Waals surface area (Å²) in [5, 5.41) is 8.84. The number of fused-ring (bicyclic) bond motifs is 5. The van der Waals surface area contributed by atoms with Gasteiger partial charge >= 0.3 is 5.91 Å². The van der Waals surface area contributed by atoms with Crippen molar-refractivity contribution in [3.05, 3.63) is 65.5 Å². The summed E-state index contributed by atoms with van der Waals surface area (Å²) in [7, 11) is 0.